The van der Waals surface area contributed by atoms with Crippen LogP contribution in [-0.4, -0.2) is 58.6 Å². The molecule has 1 amide bonds. The van der Waals surface area contributed by atoms with Gasteiger partial charge in [-0.25, -0.2) is 0 Å². The molecule has 3 rings (SSSR count). The zero-order valence-corrected chi connectivity index (χ0v) is 15.1. The quantitative estimate of drug-likeness (QED) is 0.907. The van der Waals surface area contributed by atoms with Gasteiger partial charge in [-0.05, 0) is 37.4 Å². The SMILES string of the molecule is CN(C)C(=O)CCC1(O)CCCN(Cc2cccc3cccnc23)C1. The van der Waals surface area contributed by atoms with Crippen LogP contribution < -0.4 is 0 Å². The minimum absolute atomic E-state index is 0.0730. The van der Waals surface area contributed by atoms with Gasteiger partial charge < -0.3 is 10.0 Å². The molecule has 0 bridgehead atoms. The molecule has 2 aromatic rings. The van der Waals surface area contributed by atoms with Gasteiger partial charge in [0.1, 0.15) is 0 Å². The lowest BCUT2D eigenvalue weighted by molar-refractivity contribution is -0.130. The maximum Gasteiger partial charge on any atom is 0.222 e. The molecule has 1 unspecified atom stereocenters. The molecule has 5 nitrogen and oxygen atoms in total. The Morgan fingerprint density at radius 3 is 2.92 bits per heavy atom. The number of aliphatic hydroxyl groups is 1. The Bertz CT molecular complexity index is 741. The second-order valence-corrected chi connectivity index (χ2v) is 7.32. The van der Waals surface area contributed by atoms with Crippen LogP contribution in [0.2, 0.25) is 0 Å². The van der Waals surface area contributed by atoms with Crippen LogP contribution in [0.25, 0.3) is 10.9 Å². The largest absolute Gasteiger partial charge is 0.389 e. The predicted octanol–water partition coefficient (Wildman–Crippen LogP) is 2.43. The van der Waals surface area contributed by atoms with E-state index in [-0.39, 0.29) is 5.91 Å². The van der Waals surface area contributed by atoms with Gasteiger partial charge in [-0.15, -0.1) is 0 Å². The van der Waals surface area contributed by atoms with Crippen molar-refractivity contribution in [1.82, 2.24) is 14.8 Å². The summed E-state index contributed by atoms with van der Waals surface area (Å²) >= 11 is 0. The molecule has 25 heavy (non-hydrogen) atoms. The second kappa shape index (κ2) is 7.50. The molecule has 1 saturated heterocycles. The smallest absolute Gasteiger partial charge is 0.222 e. The molecule has 1 atom stereocenters. The lowest BCUT2D eigenvalue weighted by Gasteiger charge is -2.39. The Kier molecular flexibility index (Phi) is 5.35. The molecule has 0 radical (unpaired) electrons. The highest BCUT2D eigenvalue weighted by molar-refractivity contribution is 5.81. The normalized spacial score (nSPS) is 21.4. The number of amides is 1. The van der Waals surface area contributed by atoms with E-state index in [0.29, 0.717) is 19.4 Å². The summed E-state index contributed by atoms with van der Waals surface area (Å²) in [6, 6.07) is 10.3. The highest BCUT2D eigenvalue weighted by Gasteiger charge is 2.33. The Balaban J connectivity index is 1.68. The fourth-order valence-corrected chi connectivity index (χ4v) is 3.64. The fraction of sp³-hybridized carbons (Fsp3) is 0.500. The third-order valence-corrected chi connectivity index (χ3v) is 5.05. The molecule has 1 N–H and O–H groups in total. The van der Waals surface area contributed by atoms with E-state index in [0.717, 1.165) is 36.8 Å². The van der Waals surface area contributed by atoms with Gasteiger partial charge in [-0.1, -0.05) is 24.3 Å². The highest BCUT2D eigenvalue weighted by Crippen LogP contribution is 2.28. The van der Waals surface area contributed by atoms with E-state index in [1.165, 1.54) is 5.56 Å². The number of nitrogens with zero attached hydrogens (tertiary/aromatic N) is 3. The minimum atomic E-state index is -0.776. The summed E-state index contributed by atoms with van der Waals surface area (Å²) in [5.74, 6) is 0.0730. The zero-order valence-electron chi connectivity index (χ0n) is 15.1. The van der Waals surface area contributed by atoms with E-state index in [2.05, 4.69) is 34.1 Å². The van der Waals surface area contributed by atoms with Gasteiger partial charge in [0.05, 0.1) is 11.1 Å². The predicted molar refractivity (Wildman–Crippen MR) is 99.1 cm³/mol. The lowest BCUT2D eigenvalue weighted by atomic mass is 9.88. The third kappa shape index (κ3) is 4.35. The van der Waals surface area contributed by atoms with Crippen molar-refractivity contribution in [3.05, 3.63) is 42.1 Å². The maximum atomic E-state index is 11.8. The van der Waals surface area contributed by atoms with Crippen LogP contribution in [0.5, 0.6) is 0 Å². The Labute approximate surface area is 149 Å². The van der Waals surface area contributed by atoms with Crippen LogP contribution in [0.15, 0.2) is 36.5 Å². The van der Waals surface area contributed by atoms with Crippen molar-refractivity contribution in [2.75, 3.05) is 27.2 Å². The van der Waals surface area contributed by atoms with Crippen molar-refractivity contribution in [2.45, 2.75) is 37.8 Å². The Hall–Kier alpha value is -1.98. The van der Waals surface area contributed by atoms with E-state index in [9.17, 15) is 9.90 Å². The summed E-state index contributed by atoms with van der Waals surface area (Å²) in [6.45, 7) is 2.35. The first-order chi connectivity index (χ1) is 12.0. The number of benzene rings is 1. The number of aromatic nitrogens is 1. The number of piperidine rings is 1. The number of para-hydroxylation sites is 1. The summed E-state index contributed by atoms with van der Waals surface area (Å²) in [5.41, 5.74) is 1.44. The molecule has 1 aliphatic rings. The third-order valence-electron chi connectivity index (χ3n) is 5.05. The number of fused-ring (bicyclic) bond motifs is 1. The first-order valence-corrected chi connectivity index (χ1v) is 8.94. The number of carbonyl (C=O) groups is 1. The highest BCUT2D eigenvalue weighted by atomic mass is 16.3. The average molecular weight is 341 g/mol. The zero-order chi connectivity index (χ0) is 17.9. The van der Waals surface area contributed by atoms with Gasteiger partial charge in [0.2, 0.25) is 5.91 Å². The van der Waals surface area contributed by atoms with Crippen LogP contribution in [0.4, 0.5) is 0 Å². The number of pyridine rings is 1. The Morgan fingerprint density at radius 1 is 1.32 bits per heavy atom. The van der Waals surface area contributed by atoms with Crippen molar-refractivity contribution in [3.8, 4) is 0 Å². The van der Waals surface area contributed by atoms with Crippen molar-refractivity contribution < 1.29 is 9.90 Å². The van der Waals surface area contributed by atoms with Gasteiger partial charge in [0, 0.05) is 45.2 Å². The Morgan fingerprint density at radius 2 is 2.12 bits per heavy atom. The van der Waals surface area contributed by atoms with Gasteiger partial charge in [0.15, 0.2) is 0 Å². The number of hydrogen-bond donors (Lipinski definition) is 1. The number of hydrogen-bond acceptors (Lipinski definition) is 4. The van der Waals surface area contributed by atoms with Crippen LogP contribution >= 0.6 is 0 Å². The van der Waals surface area contributed by atoms with E-state index in [4.69, 9.17) is 0 Å². The maximum absolute atomic E-state index is 11.8. The standard InChI is InChI=1S/C20H27N3O2/c1-22(2)18(24)9-11-20(25)10-5-13-23(15-20)14-17-7-3-6-16-8-4-12-21-19(16)17/h3-4,6-8,12,25H,5,9-11,13-15H2,1-2H3. The molecular formula is C20H27N3O2. The topological polar surface area (TPSA) is 56.7 Å². The van der Waals surface area contributed by atoms with E-state index in [1.54, 1.807) is 19.0 Å². The minimum Gasteiger partial charge on any atom is -0.389 e. The summed E-state index contributed by atoms with van der Waals surface area (Å²) in [5, 5.41) is 12.1. The molecular weight excluding hydrogens is 314 g/mol. The summed E-state index contributed by atoms with van der Waals surface area (Å²) in [4.78, 5) is 20.2. The second-order valence-electron chi connectivity index (χ2n) is 7.32. The number of carbonyl (C=O) groups excluding carboxylic acids is 1. The average Bonchev–Trinajstić information content (AvgIpc) is 2.60. The fourth-order valence-electron chi connectivity index (χ4n) is 3.64. The number of β-amino-alcohol motifs (C(OH)–C–C–N with tert-alkyl or cyclic N) is 1. The van der Waals surface area contributed by atoms with Gasteiger partial charge in [0.25, 0.3) is 0 Å². The van der Waals surface area contributed by atoms with Crippen LogP contribution in [-0.2, 0) is 11.3 Å². The van der Waals surface area contributed by atoms with Gasteiger partial charge >= 0.3 is 0 Å². The van der Waals surface area contributed by atoms with Crippen molar-refractivity contribution >= 4 is 16.8 Å². The summed E-state index contributed by atoms with van der Waals surface area (Å²) in [6.07, 6.45) is 4.45. The molecule has 0 aliphatic carbocycles. The van der Waals surface area contributed by atoms with Crippen molar-refractivity contribution in [2.24, 2.45) is 0 Å². The molecule has 134 valence electrons. The summed E-state index contributed by atoms with van der Waals surface area (Å²) < 4.78 is 0. The van der Waals surface area contributed by atoms with Crippen molar-refractivity contribution in [1.29, 1.82) is 0 Å². The van der Waals surface area contributed by atoms with E-state index >= 15 is 0 Å². The number of rotatable bonds is 5. The molecule has 0 saturated carbocycles. The molecule has 1 aromatic heterocycles. The molecule has 2 heterocycles. The van der Waals surface area contributed by atoms with E-state index in [1.807, 2.05) is 12.3 Å². The first kappa shape index (κ1) is 17.8. The van der Waals surface area contributed by atoms with Gasteiger partial charge in [-0.2, -0.15) is 0 Å². The lowest BCUT2D eigenvalue weighted by Crippen LogP contribution is -2.48. The molecule has 1 aromatic carbocycles. The number of likely N-dealkylation sites (tertiary alicyclic amines) is 1. The monoisotopic (exact) mass is 341 g/mol. The summed E-state index contributed by atoms with van der Waals surface area (Å²) in [7, 11) is 3.51. The first-order valence-electron chi connectivity index (χ1n) is 8.94. The molecule has 0 spiro atoms. The molecule has 5 heteroatoms. The van der Waals surface area contributed by atoms with Crippen LogP contribution in [0, 0.1) is 0 Å². The van der Waals surface area contributed by atoms with Crippen LogP contribution in [0.3, 0.4) is 0 Å². The van der Waals surface area contributed by atoms with E-state index < -0.39 is 5.60 Å². The molecule has 1 aliphatic heterocycles. The van der Waals surface area contributed by atoms with Crippen molar-refractivity contribution in [3.63, 3.8) is 0 Å². The molecule has 1 fully saturated rings. The van der Waals surface area contributed by atoms with Crippen LogP contribution in [0.1, 0.15) is 31.2 Å². The van der Waals surface area contributed by atoms with Gasteiger partial charge in [-0.3, -0.25) is 14.7 Å².